The van der Waals surface area contributed by atoms with Crippen LogP contribution in [0.2, 0.25) is 5.02 Å². The smallest absolute Gasteiger partial charge is 0.257 e. The number of carbonyl (C=O) groups excluding carboxylic acids is 2. The average Bonchev–Trinajstić information content (AvgIpc) is 2.74. The van der Waals surface area contributed by atoms with Crippen LogP contribution in [0.1, 0.15) is 34.1 Å². The first kappa shape index (κ1) is 20.4. The Morgan fingerprint density at radius 1 is 1.00 bits per heavy atom. The minimum Gasteiger partial charge on any atom is -0.494 e. The van der Waals surface area contributed by atoms with E-state index in [4.69, 9.17) is 16.3 Å². The minimum absolute atomic E-state index is 0.244. The molecule has 1 aromatic heterocycles. The summed E-state index contributed by atoms with van der Waals surface area (Å²) in [5.74, 6) is -0.0749. The molecule has 2 N–H and O–H groups in total. The van der Waals surface area contributed by atoms with Crippen LogP contribution in [-0.4, -0.2) is 23.4 Å². The maximum Gasteiger partial charge on any atom is 0.257 e. The zero-order chi connectivity index (χ0) is 20.6. The van der Waals surface area contributed by atoms with Crippen molar-refractivity contribution in [1.82, 2.24) is 4.98 Å². The quantitative estimate of drug-likeness (QED) is 0.573. The first-order valence-electron chi connectivity index (χ1n) is 9.12. The van der Waals surface area contributed by atoms with Crippen LogP contribution in [0.4, 0.5) is 11.4 Å². The van der Waals surface area contributed by atoms with Gasteiger partial charge < -0.3 is 15.4 Å². The molecule has 0 atom stereocenters. The molecule has 0 aliphatic heterocycles. The molecule has 0 aliphatic carbocycles. The number of amides is 2. The lowest BCUT2D eigenvalue weighted by Gasteiger charge is -2.11. The first-order valence-corrected chi connectivity index (χ1v) is 9.49. The third-order valence-corrected chi connectivity index (χ3v) is 4.29. The van der Waals surface area contributed by atoms with Gasteiger partial charge in [0, 0.05) is 17.4 Å². The number of carbonyl (C=O) groups is 2. The molecule has 3 aromatic rings. The molecule has 7 heteroatoms. The number of rotatable bonds is 7. The zero-order valence-electron chi connectivity index (χ0n) is 15.8. The third kappa shape index (κ3) is 5.56. The summed E-state index contributed by atoms with van der Waals surface area (Å²) >= 11 is 6.17. The molecule has 2 aromatic carbocycles. The minimum atomic E-state index is -0.394. The number of nitrogens with one attached hydrogen (secondary N) is 2. The number of benzene rings is 2. The van der Waals surface area contributed by atoms with Crippen molar-refractivity contribution in [3.05, 3.63) is 83.1 Å². The standard InChI is InChI=1S/C22H20ClN3O3/c1-2-11-29-18-7-3-5-15(12-18)21(27)25-16-8-9-20(23)19(13-16)22(28)26-17-6-4-10-24-14-17/h3-10,12-14H,2,11H2,1H3,(H,25,27)(H,26,28). The van der Waals surface area contributed by atoms with E-state index >= 15 is 0 Å². The fraction of sp³-hybridized carbons (Fsp3) is 0.136. The van der Waals surface area contributed by atoms with Crippen LogP contribution in [0.15, 0.2) is 67.0 Å². The lowest BCUT2D eigenvalue weighted by molar-refractivity contribution is 0.101. The molecular formula is C22H20ClN3O3. The van der Waals surface area contributed by atoms with Crippen LogP contribution in [0.25, 0.3) is 0 Å². The Labute approximate surface area is 173 Å². The third-order valence-electron chi connectivity index (χ3n) is 3.96. The molecule has 0 saturated carbocycles. The van der Waals surface area contributed by atoms with Gasteiger partial charge in [-0.05, 0) is 55.0 Å². The fourth-order valence-corrected chi connectivity index (χ4v) is 2.77. The SMILES string of the molecule is CCCOc1cccc(C(=O)Nc2ccc(Cl)c(C(=O)Nc3cccnc3)c2)c1. The molecule has 0 radical (unpaired) electrons. The summed E-state index contributed by atoms with van der Waals surface area (Å²) in [5.41, 5.74) is 1.70. The number of anilines is 2. The predicted octanol–water partition coefficient (Wildman–Crippen LogP) is 5.03. The molecule has 0 spiro atoms. The van der Waals surface area contributed by atoms with Crippen LogP contribution in [0.5, 0.6) is 5.75 Å². The summed E-state index contributed by atoms with van der Waals surface area (Å²) in [6.07, 6.45) is 4.02. The maximum atomic E-state index is 12.6. The lowest BCUT2D eigenvalue weighted by atomic mass is 10.1. The second-order valence-corrected chi connectivity index (χ2v) is 6.63. The first-order chi connectivity index (χ1) is 14.1. The molecule has 148 valence electrons. The Balaban J connectivity index is 1.74. The van der Waals surface area contributed by atoms with Crippen molar-refractivity contribution < 1.29 is 14.3 Å². The summed E-state index contributed by atoms with van der Waals surface area (Å²) in [7, 11) is 0. The van der Waals surface area contributed by atoms with Crippen molar-refractivity contribution in [2.75, 3.05) is 17.2 Å². The summed E-state index contributed by atoms with van der Waals surface area (Å²) in [4.78, 5) is 29.1. The van der Waals surface area contributed by atoms with E-state index in [1.807, 2.05) is 6.92 Å². The zero-order valence-corrected chi connectivity index (χ0v) is 16.6. The Morgan fingerprint density at radius 3 is 2.59 bits per heavy atom. The highest BCUT2D eigenvalue weighted by atomic mass is 35.5. The van der Waals surface area contributed by atoms with E-state index < -0.39 is 5.91 Å². The number of aromatic nitrogens is 1. The largest absolute Gasteiger partial charge is 0.494 e. The van der Waals surface area contributed by atoms with Crippen LogP contribution >= 0.6 is 11.6 Å². The van der Waals surface area contributed by atoms with Crippen molar-refractivity contribution in [3.63, 3.8) is 0 Å². The van der Waals surface area contributed by atoms with E-state index in [1.165, 1.54) is 12.3 Å². The summed E-state index contributed by atoms with van der Waals surface area (Å²) in [6, 6.07) is 15.1. The molecule has 0 saturated heterocycles. The van der Waals surface area contributed by atoms with Crippen LogP contribution in [-0.2, 0) is 0 Å². The van der Waals surface area contributed by atoms with Crippen molar-refractivity contribution >= 4 is 34.8 Å². The number of hydrogen-bond acceptors (Lipinski definition) is 4. The van der Waals surface area contributed by atoms with Gasteiger partial charge in [0.2, 0.25) is 0 Å². The molecule has 0 aliphatic rings. The number of ether oxygens (including phenoxy) is 1. The van der Waals surface area contributed by atoms with E-state index in [9.17, 15) is 9.59 Å². The number of pyridine rings is 1. The van der Waals surface area contributed by atoms with E-state index in [0.29, 0.717) is 29.3 Å². The van der Waals surface area contributed by atoms with Gasteiger partial charge in [-0.1, -0.05) is 24.6 Å². The van der Waals surface area contributed by atoms with Gasteiger partial charge >= 0.3 is 0 Å². The average molecular weight is 410 g/mol. The second-order valence-electron chi connectivity index (χ2n) is 6.22. The Kier molecular flexibility index (Phi) is 6.81. The van der Waals surface area contributed by atoms with Gasteiger partial charge in [-0.2, -0.15) is 0 Å². The predicted molar refractivity (Wildman–Crippen MR) is 114 cm³/mol. The van der Waals surface area contributed by atoms with E-state index in [-0.39, 0.29) is 16.5 Å². The summed E-state index contributed by atoms with van der Waals surface area (Å²) < 4.78 is 5.56. The lowest BCUT2D eigenvalue weighted by Crippen LogP contribution is -2.15. The molecular weight excluding hydrogens is 390 g/mol. The number of nitrogens with zero attached hydrogens (tertiary/aromatic N) is 1. The molecule has 0 unspecified atom stereocenters. The van der Waals surface area contributed by atoms with Gasteiger partial charge in [0.05, 0.1) is 29.1 Å². The van der Waals surface area contributed by atoms with Crippen molar-refractivity contribution in [2.45, 2.75) is 13.3 Å². The Bertz CT molecular complexity index is 1010. The molecule has 29 heavy (non-hydrogen) atoms. The van der Waals surface area contributed by atoms with Gasteiger partial charge in [-0.3, -0.25) is 14.6 Å². The highest BCUT2D eigenvalue weighted by Crippen LogP contribution is 2.23. The molecule has 1 heterocycles. The Morgan fingerprint density at radius 2 is 1.83 bits per heavy atom. The van der Waals surface area contributed by atoms with E-state index in [1.54, 1.807) is 54.7 Å². The summed E-state index contributed by atoms with van der Waals surface area (Å²) in [5, 5.41) is 5.78. The molecule has 3 rings (SSSR count). The van der Waals surface area contributed by atoms with Crippen molar-refractivity contribution in [3.8, 4) is 5.75 Å². The fourth-order valence-electron chi connectivity index (χ4n) is 2.56. The second kappa shape index (κ2) is 9.71. The highest BCUT2D eigenvalue weighted by molar-refractivity contribution is 6.34. The molecule has 0 fully saturated rings. The van der Waals surface area contributed by atoms with Gasteiger partial charge in [0.25, 0.3) is 11.8 Å². The highest BCUT2D eigenvalue weighted by Gasteiger charge is 2.14. The number of halogens is 1. The monoisotopic (exact) mass is 409 g/mol. The van der Waals surface area contributed by atoms with E-state index in [2.05, 4.69) is 15.6 Å². The number of hydrogen-bond donors (Lipinski definition) is 2. The maximum absolute atomic E-state index is 12.6. The van der Waals surface area contributed by atoms with Gasteiger partial charge in [0.1, 0.15) is 5.75 Å². The normalized spacial score (nSPS) is 10.3. The van der Waals surface area contributed by atoms with Gasteiger partial charge in [-0.15, -0.1) is 0 Å². The Hall–Kier alpha value is -3.38. The topological polar surface area (TPSA) is 80.3 Å². The van der Waals surface area contributed by atoms with Crippen molar-refractivity contribution in [2.24, 2.45) is 0 Å². The van der Waals surface area contributed by atoms with Crippen LogP contribution < -0.4 is 15.4 Å². The van der Waals surface area contributed by atoms with Gasteiger partial charge in [0.15, 0.2) is 0 Å². The van der Waals surface area contributed by atoms with Crippen molar-refractivity contribution in [1.29, 1.82) is 0 Å². The van der Waals surface area contributed by atoms with Crippen LogP contribution in [0, 0.1) is 0 Å². The molecule has 2 amide bonds. The van der Waals surface area contributed by atoms with E-state index in [0.717, 1.165) is 6.42 Å². The summed E-state index contributed by atoms with van der Waals surface area (Å²) in [6.45, 7) is 2.59. The molecule has 0 bridgehead atoms. The molecule has 6 nitrogen and oxygen atoms in total. The van der Waals surface area contributed by atoms with Crippen LogP contribution in [0.3, 0.4) is 0 Å². The van der Waals surface area contributed by atoms with Gasteiger partial charge in [-0.25, -0.2) is 0 Å².